The quantitative estimate of drug-likeness (QED) is 0.341. The van der Waals surface area contributed by atoms with Crippen molar-refractivity contribution in [3.63, 3.8) is 0 Å². The Morgan fingerprint density at radius 1 is 0.600 bits per heavy atom. The summed E-state index contributed by atoms with van der Waals surface area (Å²) in [5, 5.41) is 0. The van der Waals surface area contributed by atoms with Crippen LogP contribution in [0.1, 0.15) is 105 Å². The molecule has 3 heteroatoms. The van der Waals surface area contributed by atoms with Crippen molar-refractivity contribution in [2.24, 2.45) is 0 Å². The van der Waals surface area contributed by atoms with E-state index in [-0.39, 0.29) is 51.0 Å². The van der Waals surface area contributed by atoms with Crippen LogP contribution >= 0.6 is 0 Å². The van der Waals surface area contributed by atoms with Gasteiger partial charge < -0.3 is 24.8 Å². The fourth-order valence-electron chi connectivity index (χ4n) is 5.22. The van der Waals surface area contributed by atoms with E-state index in [9.17, 15) is 0 Å². The summed E-state index contributed by atoms with van der Waals surface area (Å²) in [5.41, 5.74) is 12.2. The molecule has 0 radical (unpaired) electrons. The van der Waals surface area contributed by atoms with Gasteiger partial charge in [0, 0.05) is 0 Å². The van der Waals surface area contributed by atoms with Gasteiger partial charge in [-0.3, -0.25) is 12.2 Å². The Labute approximate surface area is 247 Å². The first-order valence-electron chi connectivity index (χ1n) is 13.1. The van der Waals surface area contributed by atoms with Crippen molar-refractivity contribution < 1.29 is 51.0 Å². The molecular weight excluding hydrogens is 546 g/mol. The molecule has 0 N–H and O–H groups in total. The molecule has 0 fully saturated rings. The molecule has 0 saturated heterocycles. The Kier molecular flexibility index (Phi) is 18.3. The van der Waals surface area contributed by atoms with Gasteiger partial charge in [0.1, 0.15) is 0 Å². The van der Waals surface area contributed by atoms with Crippen molar-refractivity contribution in [2.45, 2.75) is 105 Å². The third-order valence-electron chi connectivity index (χ3n) is 6.64. The maximum atomic E-state index is 3.51. The summed E-state index contributed by atoms with van der Waals surface area (Å²) >= 11 is 0. The van der Waals surface area contributed by atoms with E-state index in [2.05, 4.69) is 76.3 Å². The van der Waals surface area contributed by atoms with Crippen LogP contribution in [0.25, 0.3) is 0 Å². The predicted octanol–water partition coefficient (Wildman–Crippen LogP) is 3.81. The van der Waals surface area contributed by atoms with Gasteiger partial charge in [0.05, 0.1) is 0 Å². The molecule has 0 aliphatic heterocycles. The van der Waals surface area contributed by atoms with E-state index < -0.39 is 0 Å². The zero-order valence-electron chi connectivity index (χ0n) is 22.2. The minimum absolute atomic E-state index is 0. The van der Waals surface area contributed by atoms with Gasteiger partial charge in [0.2, 0.25) is 0 Å². The molecule has 0 bridgehead atoms. The molecule has 0 nitrogen and oxygen atoms in total. The van der Waals surface area contributed by atoms with E-state index in [1.54, 1.807) is 22.3 Å². The molecule has 0 spiro atoms. The van der Waals surface area contributed by atoms with Crippen LogP contribution in [0.3, 0.4) is 0 Å². The van der Waals surface area contributed by atoms with Crippen molar-refractivity contribution in [3.8, 4) is 0 Å². The number of rotatable bonds is 10. The van der Waals surface area contributed by atoms with Crippen molar-refractivity contribution in [1.29, 1.82) is 0 Å². The third kappa shape index (κ3) is 9.32. The van der Waals surface area contributed by atoms with Gasteiger partial charge in [-0.25, -0.2) is 11.1 Å². The molecule has 35 heavy (non-hydrogen) atoms. The van der Waals surface area contributed by atoms with Gasteiger partial charge in [-0.1, -0.05) is 102 Å². The molecule has 0 aromatic carbocycles. The van der Waals surface area contributed by atoms with E-state index in [0.717, 1.165) is 25.7 Å². The number of halogens is 2. The summed E-state index contributed by atoms with van der Waals surface area (Å²) in [5.74, 6) is 0. The fraction of sp³-hybridized carbons (Fsp3) is 0.500. The summed E-state index contributed by atoms with van der Waals surface area (Å²) in [4.78, 5) is 0. The molecule has 188 valence electrons. The van der Waals surface area contributed by atoms with Gasteiger partial charge in [0.15, 0.2) is 0 Å². The van der Waals surface area contributed by atoms with Crippen molar-refractivity contribution in [1.82, 2.24) is 0 Å². The summed E-state index contributed by atoms with van der Waals surface area (Å²) in [6, 6.07) is 0. The second-order valence-corrected chi connectivity index (χ2v) is 9.18. The molecule has 4 aliphatic rings. The molecule has 0 amide bonds. The van der Waals surface area contributed by atoms with Crippen LogP contribution in [-0.4, -0.2) is 0 Å². The first kappa shape index (κ1) is 34.4. The van der Waals surface area contributed by atoms with E-state index in [0.29, 0.717) is 0 Å². The van der Waals surface area contributed by atoms with Crippen molar-refractivity contribution >= 4 is 0 Å². The van der Waals surface area contributed by atoms with Crippen LogP contribution in [0.5, 0.6) is 0 Å². The standard InChI is InChI=1S/2C16H21.2ClH.Zr/c2*1-3-7-13-9-5-11-15(13)16-12-6-10-14(16)8-4-2;;;/h2*5,9,12H,3-4,6-8,11H2,1-2H3;2*1H;/q2*-1;;;+4/p-2. The minimum atomic E-state index is 0. The van der Waals surface area contributed by atoms with Gasteiger partial charge in [-0.05, 0) is 25.7 Å². The Morgan fingerprint density at radius 2 is 0.971 bits per heavy atom. The Bertz CT molecular complexity index is 843. The summed E-state index contributed by atoms with van der Waals surface area (Å²) in [6.07, 6.45) is 35.1. The Balaban J connectivity index is 0.000000608. The SMILES string of the molecule is CCCC1=[C-]CC=C1C1=C(CCC)C=CC1.CCCC1=[C-]CC=C1C1=C(CCC)C=CC1.[Cl-].[Cl-].[Zr+4]. The second kappa shape index (κ2) is 18.6. The predicted molar refractivity (Wildman–Crippen MR) is 140 cm³/mol. The van der Waals surface area contributed by atoms with E-state index in [1.807, 2.05) is 0 Å². The van der Waals surface area contributed by atoms with Crippen LogP contribution in [0.15, 0.2) is 81.0 Å². The molecule has 0 aromatic heterocycles. The first-order valence-corrected chi connectivity index (χ1v) is 13.1. The third-order valence-corrected chi connectivity index (χ3v) is 6.64. The minimum Gasteiger partial charge on any atom is -1.00 e. The zero-order chi connectivity index (χ0) is 22.8. The van der Waals surface area contributed by atoms with Gasteiger partial charge >= 0.3 is 26.2 Å². The molecule has 0 heterocycles. The van der Waals surface area contributed by atoms with Crippen LogP contribution in [0, 0.1) is 12.2 Å². The maximum absolute atomic E-state index is 3.51. The average molecular weight is 589 g/mol. The smallest absolute Gasteiger partial charge is 1.00 e. The van der Waals surface area contributed by atoms with Crippen molar-refractivity contribution in [3.05, 3.63) is 93.2 Å². The molecular formula is C32H42Cl2Zr. The van der Waals surface area contributed by atoms with E-state index in [4.69, 9.17) is 0 Å². The number of hydrogen-bond acceptors (Lipinski definition) is 0. The van der Waals surface area contributed by atoms with Gasteiger partial charge in [0.25, 0.3) is 0 Å². The fourth-order valence-corrected chi connectivity index (χ4v) is 5.22. The zero-order valence-corrected chi connectivity index (χ0v) is 26.2. The van der Waals surface area contributed by atoms with Crippen molar-refractivity contribution in [2.75, 3.05) is 0 Å². The van der Waals surface area contributed by atoms with Crippen LogP contribution < -0.4 is 24.8 Å². The molecule has 0 saturated carbocycles. The summed E-state index contributed by atoms with van der Waals surface area (Å²) in [6.45, 7) is 9.02. The van der Waals surface area contributed by atoms with Gasteiger partial charge in [-0.15, -0.1) is 24.0 Å². The van der Waals surface area contributed by atoms with Crippen LogP contribution in [0.4, 0.5) is 0 Å². The Morgan fingerprint density at radius 3 is 1.31 bits per heavy atom. The second-order valence-electron chi connectivity index (χ2n) is 9.18. The normalized spacial score (nSPS) is 17.7. The molecule has 4 aliphatic carbocycles. The maximum Gasteiger partial charge on any atom is 4.00 e. The summed E-state index contributed by atoms with van der Waals surface area (Å²) < 4.78 is 0. The monoisotopic (exact) mass is 586 g/mol. The molecule has 4 rings (SSSR count). The number of allylic oxidation sites excluding steroid dienone is 16. The molecule has 0 aromatic rings. The summed E-state index contributed by atoms with van der Waals surface area (Å²) in [7, 11) is 0. The average Bonchev–Trinajstić information content (AvgIpc) is 3.57. The Hall–Kier alpha value is -0.617. The number of hydrogen-bond donors (Lipinski definition) is 0. The van der Waals surface area contributed by atoms with E-state index in [1.165, 1.54) is 73.7 Å². The van der Waals surface area contributed by atoms with Gasteiger partial charge in [-0.2, -0.15) is 23.3 Å². The molecule has 0 unspecified atom stereocenters. The van der Waals surface area contributed by atoms with Crippen LogP contribution in [-0.2, 0) is 26.2 Å². The van der Waals surface area contributed by atoms with E-state index >= 15 is 0 Å². The van der Waals surface area contributed by atoms with Crippen LogP contribution in [0.2, 0.25) is 0 Å². The first-order chi connectivity index (χ1) is 15.7. The topological polar surface area (TPSA) is 0 Å². The largest absolute Gasteiger partial charge is 4.00 e. The molecule has 0 atom stereocenters.